The van der Waals surface area contributed by atoms with Gasteiger partial charge in [0.1, 0.15) is 11.1 Å². The van der Waals surface area contributed by atoms with Crippen LogP contribution in [0, 0.1) is 5.92 Å². The Bertz CT molecular complexity index is 345. The second-order valence-corrected chi connectivity index (χ2v) is 5.28. The van der Waals surface area contributed by atoms with E-state index in [1.165, 1.54) is 0 Å². The number of rotatable bonds is 3. The summed E-state index contributed by atoms with van der Waals surface area (Å²) in [6, 6.07) is 0. The highest BCUT2D eigenvalue weighted by Gasteiger charge is 2.53. The van der Waals surface area contributed by atoms with Gasteiger partial charge in [0, 0.05) is 5.92 Å². The Morgan fingerprint density at radius 3 is 2.41 bits per heavy atom. The van der Waals surface area contributed by atoms with Crippen molar-refractivity contribution in [1.82, 2.24) is 5.32 Å². The number of ether oxygens (including phenoxy) is 1. The summed E-state index contributed by atoms with van der Waals surface area (Å²) in [4.78, 5) is 22.9. The summed E-state index contributed by atoms with van der Waals surface area (Å²) in [5, 5.41) is 11.7. The maximum atomic E-state index is 11.6. The molecule has 0 aromatic heterocycles. The van der Waals surface area contributed by atoms with Crippen molar-refractivity contribution in [1.29, 1.82) is 0 Å². The average Bonchev–Trinajstić information content (AvgIpc) is 2.09. The number of carbonyl (C=O) groups is 2. The number of hydrogen-bond donors (Lipinski definition) is 2. The van der Waals surface area contributed by atoms with Crippen LogP contribution in [0.15, 0.2) is 12.7 Å². The van der Waals surface area contributed by atoms with Crippen molar-refractivity contribution in [3.8, 4) is 0 Å². The van der Waals surface area contributed by atoms with Crippen LogP contribution in [-0.2, 0) is 9.53 Å². The summed E-state index contributed by atoms with van der Waals surface area (Å²) < 4.78 is 5.06. The van der Waals surface area contributed by atoms with Gasteiger partial charge in [-0.05, 0) is 33.6 Å². The van der Waals surface area contributed by atoms with Crippen LogP contribution in [0.1, 0.15) is 33.6 Å². The monoisotopic (exact) mass is 241 g/mol. The predicted molar refractivity (Wildman–Crippen MR) is 62.7 cm³/mol. The predicted octanol–water partition coefficient (Wildman–Crippen LogP) is 1.93. The van der Waals surface area contributed by atoms with Gasteiger partial charge < -0.3 is 15.2 Å². The first kappa shape index (κ1) is 13.5. The van der Waals surface area contributed by atoms with Crippen LogP contribution < -0.4 is 5.32 Å². The van der Waals surface area contributed by atoms with Crippen molar-refractivity contribution < 1.29 is 19.4 Å². The molecule has 0 radical (unpaired) electrons. The molecule has 17 heavy (non-hydrogen) atoms. The summed E-state index contributed by atoms with van der Waals surface area (Å²) in [5.41, 5.74) is -1.89. The molecule has 0 aliphatic heterocycles. The van der Waals surface area contributed by atoms with Crippen molar-refractivity contribution in [3.63, 3.8) is 0 Å². The third-order valence-electron chi connectivity index (χ3n) is 2.87. The van der Waals surface area contributed by atoms with Gasteiger partial charge in [-0.2, -0.15) is 0 Å². The van der Waals surface area contributed by atoms with Gasteiger partial charge in [0.25, 0.3) is 0 Å². The van der Waals surface area contributed by atoms with Gasteiger partial charge in [-0.25, -0.2) is 9.59 Å². The van der Waals surface area contributed by atoms with Crippen molar-refractivity contribution in [2.45, 2.75) is 44.8 Å². The quantitative estimate of drug-likeness (QED) is 0.740. The molecule has 96 valence electrons. The lowest BCUT2D eigenvalue weighted by Crippen LogP contribution is -2.65. The molecular formula is C12H19NO4. The first-order chi connectivity index (χ1) is 7.71. The first-order valence-electron chi connectivity index (χ1n) is 5.58. The number of aliphatic carboxylic acids is 1. The van der Waals surface area contributed by atoms with E-state index in [0.717, 1.165) is 0 Å². The summed E-state index contributed by atoms with van der Waals surface area (Å²) in [6.07, 6.45) is 1.98. The highest BCUT2D eigenvalue weighted by molar-refractivity contribution is 5.86. The molecule has 1 aliphatic carbocycles. The first-order valence-corrected chi connectivity index (χ1v) is 5.58. The summed E-state index contributed by atoms with van der Waals surface area (Å²) in [7, 11) is 0. The number of alkyl carbamates (subject to hydrolysis) is 1. The maximum absolute atomic E-state index is 11.6. The van der Waals surface area contributed by atoms with E-state index < -0.39 is 23.2 Å². The largest absolute Gasteiger partial charge is 0.479 e. The van der Waals surface area contributed by atoms with Crippen LogP contribution in [0.25, 0.3) is 0 Å². The van der Waals surface area contributed by atoms with Gasteiger partial charge >= 0.3 is 12.1 Å². The van der Waals surface area contributed by atoms with E-state index in [-0.39, 0.29) is 5.92 Å². The van der Waals surface area contributed by atoms with Crippen LogP contribution in [0.4, 0.5) is 4.79 Å². The van der Waals surface area contributed by atoms with E-state index in [1.54, 1.807) is 26.8 Å². The zero-order valence-corrected chi connectivity index (χ0v) is 10.4. The molecule has 0 aromatic rings. The minimum atomic E-state index is -1.25. The second kappa shape index (κ2) is 4.39. The van der Waals surface area contributed by atoms with Crippen LogP contribution in [0.5, 0.6) is 0 Å². The second-order valence-electron chi connectivity index (χ2n) is 5.28. The fourth-order valence-corrected chi connectivity index (χ4v) is 1.88. The third-order valence-corrected chi connectivity index (χ3v) is 2.87. The topological polar surface area (TPSA) is 75.6 Å². The molecule has 1 rings (SSSR count). The minimum absolute atomic E-state index is 0.243. The summed E-state index contributed by atoms with van der Waals surface area (Å²) in [6.45, 7) is 8.77. The molecule has 2 atom stereocenters. The Morgan fingerprint density at radius 1 is 1.53 bits per heavy atom. The van der Waals surface area contributed by atoms with E-state index in [9.17, 15) is 14.7 Å². The van der Waals surface area contributed by atoms with E-state index in [0.29, 0.717) is 12.8 Å². The van der Waals surface area contributed by atoms with Crippen molar-refractivity contribution >= 4 is 12.1 Å². The fraction of sp³-hybridized carbons (Fsp3) is 0.667. The number of carboxylic acids is 1. The molecule has 1 aliphatic rings. The summed E-state index contributed by atoms with van der Waals surface area (Å²) >= 11 is 0. The fourth-order valence-electron chi connectivity index (χ4n) is 1.88. The standard InChI is InChI=1S/C12H19NO4/c1-5-8-6-7-12(8,9(14)15)13-10(16)17-11(2,3)4/h5,8H,1,6-7H2,2-4H3,(H,13,16)(H,14,15)/t8-,12-/m1/s1. The van der Waals surface area contributed by atoms with Gasteiger partial charge in [0.15, 0.2) is 0 Å². The molecule has 1 fully saturated rings. The lowest BCUT2D eigenvalue weighted by atomic mass is 9.66. The Hall–Kier alpha value is -1.52. The molecule has 2 N–H and O–H groups in total. The average molecular weight is 241 g/mol. The van der Waals surface area contributed by atoms with Gasteiger partial charge in [-0.3, -0.25) is 0 Å². The number of carboxylic acid groups (broad SMARTS) is 1. The van der Waals surface area contributed by atoms with Crippen LogP contribution in [0.3, 0.4) is 0 Å². The van der Waals surface area contributed by atoms with Gasteiger partial charge in [0.05, 0.1) is 0 Å². The number of amides is 1. The van der Waals surface area contributed by atoms with Crippen molar-refractivity contribution in [2.75, 3.05) is 0 Å². The number of nitrogens with one attached hydrogen (secondary N) is 1. The normalized spacial score (nSPS) is 27.8. The number of carbonyl (C=O) groups excluding carboxylic acids is 1. The molecule has 0 aromatic carbocycles. The maximum Gasteiger partial charge on any atom is 0.408 e. The van der Waals surface area contributed by atoms with Crippen LogP contribution >= 0.6 is 0 Å². The molecule has 1 amide bonds. The number of hydrogen-bond acceptors (Lipinski definition) is 3. The molecule has 1 saturated carbocycles. The molecule has 5 heteroatoms. The van der Waals surface area contributed by atoms with E-state index in [2.05, 4.69) is 11.9 Å². The Kier molecular flexibility index (Phi) is 3.50. The lowest BCUT2D eigenvalue weighted by molar-refractivity contribution is -0.151. The Balaban J connectivity index is 2.73. The zero-order valence-electron chi connectivity index (χ0n) is 10.4. The Morgan fingerprint density at radius 2 is 2.12 bits per heavy atom. The van der Waals surface area contributed by atoms with Crippen molar-refractivity contribution in [2.24, 2.45) is 5.92 Å². The third kappa shape index (κ3) is 2.78. The molecule has 0 heterocycles. The Labute approximate surface area is 101 Å². The zero-order chi connectivity index (χ0) is 13.3. The van der Waals surface area contributed by atoms with Crippen molar-refractivity contribution in [3.05, 3.63) is 12.7 Å². The smallest absolute Gasteiger partial charge is 0.408 e. The molecule has 5 nitrogen and oxygen atoms in total. The molecule has 0 saturated heterocycles. The highest BCUT2D eigenvalue weighted by Crippen LogP contribution is 2.39. The van der Waals surface area contributed by atoms with Crippen LogP contribution in [0.2, 0.25) is 0 Å². The van der Waals surface area contributed by atoms with E-state index >= 15 is 0 Å². The molecule has 0 spiro atoms. The van der Waals surface area contributed by atoms with Gasteiger partial charge in [0.2, 0.25) is 0 Å². The SMILES string of the molecule is C=C[C@@H]1CC[C@]1(NC(=O)OC(C)(C)C)C(=O)O. The molecule has 0 bridgehead atoms. The van der Waals surface area contributed by atoms with Gasteiger partial charge in [-0.15, -0.1) is 6.58 Å². The van der Waals surface area contributed by atoms with Gasteiger partial charge in [-0.1, -0.05) is 6.08 Å². The molecule has 0 unspecified atom stereocenters. The minimum Gasteiger partial charge on any atom is -0.479 e. The van der Waals surface area contributed by atoms with Crippen LogP contribution in [-0.4, -0.2) is 28.3 Å². The lowest BCUT2D eigenvalue weighted by Gasteiger charge is -2.44. The molecular weight excluding hydrogens is 222 g/mol. The highest BCUT2D eigenvalue weighted by atomic mass is 16.6. The van der Waals surface area contributed by atoms with E-state index in [4.69, 9.17) is 4.74 Å². The van der Waals surface area contributed by atoms with E-state index in [1.807, 2.05) is 0 Å². The summed E-state index contributed by atoms with van der Waals surface area (Å²) in [5.74, 6) is -1.29.